The van der Waals surface area contributed by atoms with E-state index in [1.54, 1.807) is 0 Å². The Kier molecular flexibility index (Phi) is 8.01. The van der Waals surface area contributed by atoms with Crippen molar-refractivity contribution in [1.82, 2.24) is 0 Å². The third kappa shape index (κ3) is 5.08. The predicted octanol–water partition coefficient (Wildman–Crippen LogP) is 22.6. The van der Waals surface area contributed by atoms with Crippen LogP contribution in [0, 0.1) is 11.3 Å². The van der Waals surface area contributed by atoms with E-state index in [1.807, 2.05) is 6.07 Å². The first kappa shape index (κ1) is 43.0. The molecule has 19 aromatic rings. The zero-order valence-corrected chi connectivity index (χ0v) is 44.1. The van der Waals surface area contributed by atoms with Crippen LogP contribution in [0.2, 0.25) is 0 Å². The summed E-state index contributed by atoms with van der Waals surface area (Å²) in [5, 5.41) is 43.6. The van der Waals surface area contributed by atoms with E-state index in [0.717, 1.165) is 10.8 Å². The molecule has 0 N–H and O–H groups in total. The minimum atomic E-state index is 0.706. The molecule has 1 aliphatic rings. The van der Waals surface area contributed by atoms with E-state index < -0.39 is 0 Å². The summed E-state index contributed by atoms with van der Waals surface area (Å²) in [6.45, 7) is 0. The zero-order valence-electron chi connectivity index (χ0n) is 44.1. The van der Waals surface area contributed by atoms with E-state index in [-0.39, 0.29) is 0 Å². The van der Waals surface area contributed by atoms with Crippen LogP contribution in [0.15, 0.2) is 249 Å². The van der Waals surface area contributed by atoms with Gasteiger partial charge in [0.1, 0.15) is 0 Å². The van der Waals surface area contributed by atoms with Gasteiger partial charge < -0.3 is 0 Å². The number of nitrogens with zero attached hydrogens (tertiary/aromatic N) is 1. The van der Waals surface area contributed by atoms with Gasteiger partial charge in [0.25, 0.3) is 0 Å². The molecule has 0 saturated carbocycles. The average Bonchev–Trinajstić information content (AvgIpc) is 1.73. The molecule has 82 heavy (non-hydrogen) atoms. The smallest absolute Gasteiger partial charge is 0.0998 e. The van der Waals surface area contributed by atoms with E-state index >= 15 is 0 Å². The molecule has 0 bridgehead atoms. The van der Waals surface area contributed by atoms with E-state index in [0.29, 0.717) is 5.56 Å². The number of hydrogen-bond acceptors (Lipinski definition) is 1. The largest absolute Gasteiger partial charge is 0.192 e. The highest BCUT2D eigenvalue weighted by Crippen LogP contribution is 2.62. The van der Waals surface area contributed by atoms with E-state index in [2.05, 4.69) is 249 Å². The fraction of sp³-hybridized carbons (Fsp3) is 0. The minimum Gasteiger partial charge on any atom is -0.192 e. The van der Waals surface area contributed by atoms with Crippen LogP contribution < -0.4 is 0 Å². The molecule has 0 saturated heterocycles. The molecular formula is C81H41N. The molecule has 0 radical (unpaired) electrons. The monoisotopic (exact) mass is 1030 g/mol. The molecule has 0 unspecified atom stereocenters. The molecule has 19 aromatic carbocycles. The molecule has 20 rings (SSSR count). The average molecular weight is 1030 g/mol. The lowest BCUT2D eigenvalue weighted by molar-refractivity contribution is 1.51. The van der Waals surface area contributed by atoms with Crippen molar-refractivity contribution in [3.05, 3.63) is 254 Å². The molecule has 0 aromatic heterocycles. The second kappa shape index (κ2) is 15.3. The van der Waals surface area contributed by atoms with Crippen molar-refractivity contribution < 1.29 is 0 Å². The van der Waals surface area contributed by atoms with Crippen LogP contribution in [0.5, 0.6) is 0 Å². The first-order chi connectivity index (χ1) is 40.7. The maximum atomic E-state index is 10.4. The number of benzene rings is 17. The summed E-state index contributed by atoms with van der Waals surface area (Å²) >= 11 is 0. The Balaban J connectivity index is 0.910. The van der Waals surface area contributed by atoms with Crippen LogP contribution in [-0.2, 0) is 0 Å². The molecule has 1 heteroatoms. The van der Waals surface area contributed by atoms with Crippen molar-refractivity contribution in [1.29, 1.82) is 5.26 Å². The van der Waals surface area contributed by atoms with Crippen molar-refractivity contribution >= 4 is 140 Å². The van der Waals surface area contributed by atoms with Crippen molar-refractivity contribution in [2.24, 2.45) is 0 Å². The molecule has 0 spiro atoms. The Hall–Kier alpha value is -10.9. The maximum Gasteiger partial charge on any atom is 0.0998 e. The molecule has 1 aliphatic carbocycles. The summed E-state index contributed by atoms with van der Waals surface area (Å²) in [6, 6.07) is 96.0. The zero-order chi connectivity index (χ0) is 53.2. The van der Waals surface area contributed by atoms with Gasteiger partial charge >= 0.3 is 0 Å². The molecule has 0 atom stereocenters. The SMILES string of the molecule is N#Cc1ccc2c3c(-c4ccccc4)c4c5ccc6c7ccc8c9ccc%10c%11c(ccc(c%12ccc(c%13ccc(c4c(-c4ccccc4)c3c3cccc1c32)c5c%136)c7c%128)c%119)-c1c-%10c(-c2ccccc2)c2ccccc2c1-c1ccccc1. The highest BCUT2D eigenvalue weighted by Gasteiger charge is 2.34. The molecular weight excluding hydrogens is 987 g/mol. The van der Waals surface area contributed by atoms with Gasteiger partial charge in [0.05, 0.1) is 11.6 Å². The molecule has 0 heterocycles. The Morgan fingerprint density at radius 2 is 0.451 bits per heavy atom. The number of nitriles is 1. The van der Waals surface area contributed by atoms with Crippen molar-refractivity contribution in [2.75, 3.05) is 0 Å². The first-order valence-corrected chi connectivity index (χ1v) is 28.6. The van der Waals surface area contributed by atoms with Crippen LogP contribution in [0.1, 0.15) is 5.56 Å². The fourth-order valence-corrected chi connectivity index (χ4v) is 16.4. The van der Waals surface area contributed by atoms with Crippen LogP contribution in [0.4, 0.5) is 0 Å². The summed E-state index contributed by atoms with van der Waals surface area (Å²) in [7, 11) is 0. The lowest BCUT2D eigenvalue weighted by Gasteiger charge is -2.20. The summed E-state index contributed by atoms with van der Waals surface area (Å²) < 4.78 is 0. The highest BCUT2D eigenvalue weighted by atomic mass is 14.4. The van der Waals surface area contributed by atoms with Gasteiger partial charge in [0, 0.05) is 5.39 Å². The summed E-state index contributed by atoms with van der Waals surface area (Å²) in [5.41, 5.74) is 15.9. The van der Waals surface area contributed by atoms with Gasteiger partial charge in [-0.1, -0.05) is 243 Å². The Bertz CT molecular complexity index is 5750. The van der Waals surface area contributed by atoms with Gasteiger partial charge in [-0.3, -0.25) is 0 Å². The Morgan fingerprint density at radius 1 is 0.171 bits per heavy atom. The topological polar surface area (TPSA) is 23.8 Å². The second-order valence-electron chi connectivity index (χ2n) is 23.0. The van der Waals surface area contributed by atoms with Gasteiger partial charge in [-0.2, -0.15) is 5.26 Å². The van der Waals surface area contributed by atoms with Gasteiger partial charge in [0.2, 0.25) is 0 Å². The van der Waals surface area contributed by atoms with Crippen LogP contribution >= 0.6 is 0 Å². The first-order valence-electron chi connectivity index (χ1n) is 28.6. The molecule has 370 valence electrons. The van der Waals surface area contributed by atoms with E-state index in [4.69, 9.17) is 0 Å². The number of hydrogen-bond donors (Lipinski definition) is 0. The molecule has 0 fully saturated rings. The number of rotatable bonds is 4. The van der Waals surface area contributed by atoms with Crippen molar-refractivity contribution in [3.8, 4) is 72.8 Å². The lowest BCUT2D eigenvalue weighted by atomic mass is 9.82. The van der Waals surface area contributed by atoms with Gasteiger partial charge in [-0.25, -0.2) is 0 Å². The molecule has 0 amide bonds. The van der Waals surface area contributed by atoms with Crippen LogP contribution in [0.25, 0.3) is 207 Å². The maximum absolute atomic E-state index is 10.4. The Morgan fingerprint density at radius 3 is 0.854 bits per heavy atom. The standard InChI is InChI=1S/C81H41N/c82-42-47-28-29-60-69-48(47)26-15-27-59(69)78-67(45-20-9-3-10-21-45)80-63-40-36-57-53-32-30-51-55-34-38-61-74-62(77-66(44-18-7-2-8-19-44)50-25-14-13-24-49(50)65(76(61)77)43-16-5-1-6-17-43)39-35-56(72(55)74)52-31-33-54(71(53)70(51)52)58-37-41-64(75(63)73(57)58)81(80)68(79(60)78)46-22-11-4-12-23-46/h1-41H. The summed E-state index contributed by atoms with van der Waals surface area (Å²) in [5.74, 6) is 0. The summed E-state index contributed by atoms with van der Waals surface area (Å²) in [4.78, 5) is 0. The van der Waals surface area contributed by atoms with E-state index in [1.165, 1.54) is 196 Å². The third-order valence-electron chi connectivity index (χ3n) is 19.4. The molecule has 1 nitrogen and oxygen atoms in total. The van der Waals surface area contributed by atoms with Gasteiger partial charge in [-0.15, -0.1) is 0 Å². The minimum absolute atomic E-state index is 0.706. The quantitative estimate of drug-likeness (QED) is 0.127. The fourth-order valence-electron chi connectivity index (χ4n) is 16.4. The lowest BCUT2D eigenvalue weighted by Crippen LogP contribution is -1.93. The normalized spacial score (nSPS) is 12.6. The van der Waals surface area contributed by atoms with E-state index in [9.17, 15) is 5.26 Å². The second-order valence-corrected chi connectivity index (χ2v) is 23.0. The van der Waals surface area contributed by atoms with Crippen molar-refractivity contribution in [2.45, 2.75) is 0 Å². The Labute approximate surface area is 469 Å². The van der Waals surface area contributed by atoms with Gasteiger partial charge in [-0.05, 0) is 207 Å². The highest BCUT2D eigenvalue weighted by molar-refractivity contribution is 6.51. The van der Waals surface area contributed by atoms with Gasteiger partial charge in [0.15, 0.2) is 0 Å². The molecule has 0 aliphatic heterocycles. The van der Waals surface area contributed by atoms with Crippen LogP contribution in [0.3, 0.4) is 0 Å². The summed E-state index contributed by atoms with van der Waals surface area (Å²) in [6.07, 6.45) is 0. The van der Waals surface area contributed by atoms with Crippen LogP contribution in [-0.4, -0.2) is 0 Å². The third-order valence-corrected chi connectivity index (χ3v) is 19.4. The predicted molar refractivity (Wildman–Crippen MR) is 350 cm³/mol. The number of fused-ring (bicyclic) bond motifs is 14. The van der Waals surface area contributed by atoms with Crippen molar-refractivity contribution in [3.63, 3.8) is 0 Å².